The van der Waals surface area contributed by atoms with Gasteiger partial charge in [-0.1, -0.05) is 17.7 Å². The number of carbonyl (C=O) groups excluding carboxylic acids is 1. The molecule has 0 heterocycles. The monoisotopic (exact) mass is 305 g/mol. The zero-order chi connectivity index (χ0) is 16.1. The number of carboxylic acids is 1. The van der Waals surface area contributed by atoms with E-state index in [4.69, 9.17) is 9.84 Å². The van der Waals surface area contributed by atoms with Crippen molar-refractivity contribution in [1.82, 2.24) is 5.32 Å². The van der Waals surface area contributed by atoms with Gasteiger partial charge in [-0.3, -0.25) is 9.59 Å². The van der Waals surface area contributed by atoms with Gasteiger partial charge in [-0.15, -0.1) is 0 Å². The summed E-state index contributed by atoms with van der Waals surface area (Å²) in [6.07, 6.45) is 3.01. The first-order valence-corrected chi connectivity index (χ1v) is 7.65. The van der Waals surface area contributed by atoms with Gasteiger partial charge in [-0.05, 0) is 38.7 Å². The Balaban J connectivity index is 1.89. The summed E-state index contributed by atoms with van der Waals surface area (Å²) in [6.45, 7) is 1.98. The van der Waals surface area contributed by atoms with E-state index < -0.39 is 5.97 Å². The van der Waals surface area contributed by atoms with Gasteiger partial charge in [0.25, 0.3) is 0 Å². The van der Waals surface area contributed by atoms with Gasteiger partial charge < -0.3 is 15.2 Å². The van der Waals surface area contributed by atoms with E-state index in [0.29, 0.717) is 12.8 Å². The molecule has 1 aliphatic rings. The number of methoxy groups -OCH3 is 1. The molecule has 1 amide bonds. The van der Waals surface area contributed by atoms with Gasteiger partial charge in [0.15, 0.2) is 0 Å². The van der Waals surface area contributed by atoms with Crippen LogP contribution in [0.2, 0.25) is 0 Å². The number of aryl methyl sites for hydroxylation is 1. The summed E-state index contributed by atoms with van der Waals surface area (Å²) >= 11 is 0. The molecule has 22 heavy (non-hydrogen) atoms. The van der Waals surface area contributed by atoms with E-state index in [0.717, 1.165) is 29.7 Å². The van der Waals surface area contributed by atoms with Crippen LogP contribution in [0.5, 0.6) is 5.75 Å². The highest BCUT2D eigenvalue weighted by molar-refractivity contribution is 5.79. The van der Waals surface area contributed by atoms with Gasteiger partial charge in [-0.2, -0.15) is 0 Å². The first-order chi connectivity index (χ1) is 10.5. The molecule has 5 nitrogen and oxygen atoms in total. The molecule has 0 spiro atoms. The van der Waals surface area contributed by atoms with Crippen molar-refractivity contribution in [3.8, 4) is 5.75 Å². The van der Waals surface area contributed by atoms with Crippen molar-refractivity contribution in [3.05, 3.63) is 29.3 Å². The Morgan fingerprint density at radius 1 is 1.27 bits per heavy atom. The Kier molecular flexibility index (Phi) is 5.41. The van der Waals surface area contributed by atoms with Crippen LogP contribution in [0.25, 0.3) is 0 Å². The van der Waals surface area contributed by atoms with Crippen LogP contribution < -0.4 is 10.1 Å². The quantitative estimate of drug-likeness (QED) is 0.875. The number of carboxylic acid groups (broad SMARTS) is 1. The Hall–Kier alpha value is -2.04. The number of aliphatic carboxylic acids is 1. The molecule has 1 aromatic rings. The number of carbonyl (C=O) groups is 2. The molecule has 1 aliphatic carbocycles. The molecule has 1 saturated carbocycles. The predicted octanol–water partition coefficient (Wildman–Crippen LogP) is 2.31. The summed E-state index contributed by atoms with van der Waals surface area (Å²) in [5.74, 6) is -0.308. The second-order valence-electron chi connectivity index (χ2n) is 5.95. The largest absolute Gasteiger partial charge is 0.496 e. The lowest BCUT2D eigenvalue weighted by atomic mass is 9.86. The minimum Gasteiger partial charge on any atom is -0.496 e. The Labute approximate surface area is 130 Å². The standard InChI is InChI=1S/C17H23NO4/c1-11-3-8-15(22-2)13(9-11)10-16(19)18-14-6-4-12(5-7-14)17(20)21/h3,8-9,12,14H,4-7,10H2,1-2H3,(H,18,19)(H,20,21). The molecule has 0 atom stereocenters. The Bertz CT molecular complexity index is 548. The fourth-order valence-electron chi connectivity index (χ4n) is 2.98. The van der Waals surface area contributed by atoms with Crippen molar-refractivity contribution in [2.45, 2.75) is 45.1 Å². The summed E-state index contributed by atoms with van der Waals surface area (Å²) in [6, 6.07) is 5.86. The third-order valence-electron chi connectivity index (χ3n) is 4.23. The van der Waals surface area contributed by atoms with Crippen molar-refractivity contribution >= 4 is 11.9 Å². The normalized spacial score (nSPS) is 21.2. The number of ether oxygens (including phenoxy) is 1. The van der Waals surface area contributed by atoms with Crippen molar-refractivity contribution in [2.75, 3.05) is 7.11 Å². The molecular weight excluding hydrogens is 282 g/mol. The maximum absolute atomic E-state index is 12.2. The second-order valence-corrected chi connectivity index (χ2v) is 5.95. The molecule has 5 heteroatoms. The zero-order valence-corrected chi connectivity index (χ0v) is 13.1. The highest BCUT2D eigenvalue weighted by Crippen LogP contribution is 2.25. The van der Waals surface area contributed by atoms with Crippen molar-refractivity contribution in [2.24, 2.45) is 5.92 Å². The van der Waals surface area contributed by atoms with E-state index in [-0.39, 0.29) is 24.3 Å². The smallest absolute Gasteiger partial charge is 0.306 e. The van der Waals surface area contributed by atoms with Crippen molar-refractivity contribution in [1.29, 1.82) is 0 Å². The van der Waals surface area contributed by atoms with Gasteiger partial charge >= 0.3 is 5.97 Å². The minimum atomic E-state index is -0.728. The third-order valence-corrected chi connectivity index (χ3v) is 4.23. The van der Waals surface area contributed by atoms with Gasteiger partial charge in [-0.25, -0.2) is 0 Å². The SMILES string of the molecule is COc1ccc(C)cc1CC(=O)NC1CCC(C(=O)O)CC1. The lowest BCUT2D eigenvalue weighted by Gasteiger charge is -2.26. The van der Waals surface area contributed by atoms with E-state index >= 15 is 0 Å². The molecule has 2 N–H and O–H groups in total. The van der Waals surface area contributed by atoms with Gasteiger partial charge in [0.1, 0.15) is 5.75 Å². The molecule has 2 rings (SSSR count). The number of benzene rings is 1. The molecule has 0 aliphatic heterocycles. The second kappa shape index (κ2) is 7.29. The molecule has 0 bridgehead atoms. The molecule has 1 fully saturated rings. The van der Waals surface area contributed by atoms with E-state index in [9.17, 15) is 9.59 Å². The van der Waals surface area contributed by atoms with E-state index in [1.165, 1.54) is 0 Å². The van der Waals surface area contributed by atoms with Crippen LogP contribution in [-0.4, -0.2) is 30.1 Å². The first-order valence-electron chi connectivity index (χ1n) is 7.65. The number of hydrogen-bond acceptors (Lipinski definition) is 3. The predicted molar refractivity (Wildman–Crippen MR) is 83.0 cm³/mol. The molecule has 0 saturated heterocycles. The average molecular weight is 305 g/mol. The third kappa shape index (κ3) is 4.23. The lowest BCUT2D eigenvalue weighted by Crippen LogP contribution is -2.39. The fraction of sp³-hybridized carbons (Fsp3) is 0.529. The van der Waals surface area contributed by atoms with E-state index in [2.05, 4.69) is 5.32 Å². The van der Waals surface area contributed by atoms with Gasteiger partial charge in [0.2, 0.25) is 5.91 Å². The van der Waals surface area contributed by atoms with Crippen molar-refractivity contribution < 1.29 is 19.4 Å². The van der Waals surface area contributed by atoms with Crippen LogP contribution in [0, 0.1) is 12.8 Å². The minimum absolute atomic E-state index is 0.0392. The summed E-state index contributed by atoms with van der Waals surface area (Å²) < 4.78 is 5.29. The number of amides is 1. The van der Waals surface area contributed by atoms with E-state index in [1.807, 2.05) is 25.1 Å². The number of rotatable bonds is 5. The summed E-state index contributed by atoms with van der Waals surface area (Å²) in [7, 11) is 1.60. The first kappa shape index (κ1) is 16.3. The summed E-state index contributed by atoms with van der Waals surface area (Å²) in [4.78, 5) is 23.1. The van der Waals surface area contributed by atoms with Crippen LogP contribution in [-0.2, 0) is 16.0 Å². The molecule has 0 unspecified atom stereocenters. The Morgan fingerprint density at radius 2 is 1.95 bits per heavy atom. The number of nitrogens with one attached hydrogen (secondary N) is 1. The fourth-order valence-corrected chi connectivity index (χ4v) is 2.98. The summed E-state index contributed by atoms with van der Waals surface area (Å²) in [5, 5.41) is 12.0. The molecule has 1 aromatic carbocycles. The Morgan fingerprint density at radius 3 is 2.55 bits per heavy atom. The van der Waals surface area contributed by atoms with E-state index in [1.54, 1.807) is 7.11 Å². The average Bonchev–Trinajstić information content (AvgIpc) is 2.48. The molecular formula is C17H23NO4. The van der Waals surface area contributed by atoms with Crippen LogP contribution in [0.4, 0.5) is 0 Å². The highest BCUT2D eigenvalue weighted by atomic mass is 16.5. The highest BCUT2D eigenvalue weighted by Gasteiger charge is 2.26. The topological polar surface area (TPSA) is 75.6 Å². The van der Waals surface area contributed by atoms with Gasteiger partial charge in [0, 0.05) is 11.6 Å². The molecule has 0 radical (unpaired) electrons. The summed E-state index contributed by atoms with van der Waals surface area (Å²) in [5.41, 5.74) is 1.96. The maximum Gasteiger partial charge on any atom is 0.306 e. The maximum atomic E-state index is 12.2. The van der Waals surface area contributed by atoms with Crippen LogP contribution in [0.1, 0.15) is 36.8 Å². The van der Waals surface area contributed by atoms with Crippen LogP contribution in [0.3, 0.4) is 0 Å². The molecule has 120 valence electrons. The van der Waals surface area contributed by atoms with Crippen LogP contribution >= 0.6 is 0 Å². The zero-order valence-electron chi connectivity index (χ0n) is 13.1. The van der Waals surface area contributed by atoms with Crippen molar-refractivity contribution in [3.63, 3.8) is 0 Å². The number of hydrogen-bond donors (Lipinski definition) is 2. The molecule has 0 aromatic heterocycles. The lowest BCUT2D eigenvalue weighted by molar-refractivity contribution is -0.142. The van der Waals surface area contributed by atoms with Gasteiger partial charge in [0.05, 0.1) is 19.4 Å². The van der Waals surface area contributed by atoms with Crippen LogP contribution in [0.15, 0.2) is 18.2 Å².